The van der Waals surface area contributed by atoms with Crippen molar-refractivity contribution in [1.29, 1.82) is 0 Å². The van der Waals surface area contributed by atoms with Crippen molar-refractivity contribution in [3.8, 4) is 0 Å². The Bertz CT molecular complexity index is 1110. The van der Waals surface area contributed by atoms with Gasteiger partial charge in [0.25, 0.3) is 0 Å². The van der Waals surface area contributed by atoms with E-state index < -0.39 is 80.7 Å². The second-order valence-corrected chi connectivity index (χ2v) is 16.9. The summed E-state index contributed by atoms with van der Waals surface area (Å²) >= 11 is 0. The van der Waals surface area contributed by atoms with Crippen LogP contribution in [0.25, 0.3) is 0 Å². The molecule has 61 heavy (non-hydrogen) atoms. The van der Waals surface area contributed by atoms with E-state index in [2.05, 4.69) is 38.2 Å². The lowest BCUT2D eigenvalue weighted by atomic mass is 9.98. The summed E-state index contributed by atoms with van der Waals surface area (Å²) in [5.74, 6) is -0.383. The first kappa shape index (κ1) is 55.6. The van der Waals surface area contributed by atoms with E-state index in [1.807, 2.05) is 0 Å². The number of carbonyl (C=O) groups is 1. The van der Waals surface area contributed by atoms with Gasteiger partial charge < -0.3 is 64.2 Å². The van der Waals surface area contributed by atoms with E-state index in [4.69, 9.17) is 28.4 Å². The second-order valence-electron chi connectivity index (χ2n) is 16.9. The molecule has 0 radical (unpaired) electrons. The third kappa shape index (κ3) is 24.4. The van der Waals surface area contributed by atoms with Crippen molar-refractivity contribution in [2.75, 3.05) is 33.0 Å². The van der Waals surface area contributed by atoms with Gasteiger partial charge in [-0.1, -0.05) is 141 Å². The summed E-state index contributed by atoms with van der Waals surface area (Å²) < 4.78 is 34.0. The number of aliphatic hydroxyl groups is 7. The van der Waals surface area contributed by atoms with Gasteiger partial charge in [-0.15, -0.1) is 0 Å². The Morgan fingerprint density at radius 2 is 1.02 bits per heavy atom. The van der Waals surface area contributed by atoms with Gasteiger partial charge in [0.2, 0.25) is 0 Å². The molecule has 358 valence electrons. The Balaban J connectivity index is 1.70. The normalized spacial score (nSPS) is 27.6. The SMILES string of the molecule is CCCCCCC/C=C\C/C=C\CCCCCCCCCCCC(=O)OC(COCCCCCCCC)COC1OC(COC2OC(CO)C(O)C(O)C2O)C(O)C(O)C1O. The third-order valence-corrected chi connectivity index (χ3v) is 11.5. The van der Waals surface area contributed by atoms with Crippen molar-refractivity contribution in [3.63, 3.8) is 0 Å². The molecule has 2 aliphatic rings. The van der Waals surface area contributed by atoms with Gasteiger partial charge in [0.1, 0.15) is 54.9 Å². The summed E-state index contributed by atoms with van der Waals surface area (Å²) in [6, 6.07) is 0. The highest BCUT2D eigenvalue weighted by molar-refractivity contribution is 5.69. The summed E-state index contributed by atoms with van der Waals surface area (Å²) in [5, 5.41) is 71.8. The minimum Gasteiger partial charge on any atom is -0.457 e. The molecule has 11 atom stereocenters. The molecule has 11 unspecified atom stereocenters. The Morgan fingerprint density at radius 1 is 0.541 bits per heavy atom. The lowest BCUT2D eigenvalue weighted by Crippen LogP contribution is -2.61. The van der Waals surface area contributed by atoms with Gasteiger partial charge in [-0.05, 0) is 44.9 Å². The Kier molecular flexibility index (Phi) is 32.6. The first-order chi connectivity index (χ1) is 29.6. The molecule has 7 N–H and O–H groups in total. The van der Waals surface area contributed by atoms with Crippen LogP contribution in [0.1, 0.15) is 168 Å². The van der Waals surface area contributed by atoms with E-state index in [1.165, 1.54) is 89.9 Å². The smallest absolute Gasteiger partial charge is 0.306 e. The van der Waals surface area contributed by atoms with Crippen molar-refractivity contribution in [1.82, 2.24) is 0 Å². The van der Waals surface area contributed by atoms with E-state index in [-0.39, 0.29) is 25.6 Å². The van der Waals surface area contributed by atoms with E-state index in [0.29, 0.717) is 13.0 Å². The number of hydrogen-bond acceptors (Lipinski definition) is 14. The molecule has 0 aromatic rings. The molecule has 2 heterocycles. The van der Waals surface area contributed by atoms with E-state index >= 15 is 0 Å². The first-order valence-electron chi connectivity index (χ1n) is 23.9. The lowest BCUT2D eigenvalue weighted by Gasteiger charge is -2.42. The molecule has 0 aliphatic carbocycles. The standard InChI is InChI=1S/C47H86O14/c1-3-5-7-9-11-12-13-14-15-16-17-18-19-20-21-22-23-24-25-26-28-30-39(49)59-36(33-56-31-29-27-10-8-6-4-2)34-57-46-45(55)43(53)41(51)38(61-46)35-58-47-44(54)42(52)40(50)37(32-48)60-47/h13-14,16-17,36-38,40-48,50-55H,3-12,15,18-35H2,1-2H3/b14-13-,17-16-. The molecule has 2 rings (SSSR count). The Hall–Kier alpha value is -1.53. The molecule has 2 saturated heterocycles. The number of allylic oxidation sites excluding steroid dienone is 4. The van der Waals surface area contributed by atoms with E-state index in [0.717, 1.165) is 51.4 Å². The maximum absolute atomic E-state index is 12.9. The van der Waals surface area contributed by atoms with Crippen LogP contribution in [-0.2, 0) is 33.2 Å². The van der Waals surface area contributed by atoms with Crippen molar-refractivity contribution in [2.45, 2.75) is 235 Å². The van der Waals surface area contributed by atoms with Crippen molar-refractivity contribution >= 4 is 5.97 Å². The molecule has 0 aromatic carbocycles. The molecule has 2 aliphatic heterocycles. The molecule has 0 amide bonds. The molecule has 14 nitrogen and oxygen atoms in total. The predicted octanol–water partition coefficient (Wildman–Crippen LogP) is 6.07. The van der Waals surface area contributed by atoms with E-state index in [9.17, 15) is 40.5 Å². The molecular formula is C47H86O14. The third-order valence-electron chi connectivity index (χ3n) is 11.5. The zero-order valence-corrected chi connectivity index (χ0v) is 37.7. The number of unbranched alkanes of at least 4 members (excludes halogenated alkanes) is 19. The van der Waals surface area contributed by atoms with Gasteiger partial charge in [0, 0.05) is 13.0 Å². The Morgan fingerprint density at radius 3 is 1.57 bits per heavy atom. The minimum absolute atomic E-state index is 0.0608. The fourth-order valence-corrected chi connectivity index (χ4v) is 7.49. The molecule has 0 spiro atoms. The maximum Gasteiger partial charge on any atom is 0.306 e. The number of carbonyl (C=O) groups excluding carboxylic acids is 1. The zero-order chi connectivity index (χ0) is 44.5. The topological polar surface area (TPSA) is 214 Å². The van der Waals surface area contributed by atoms with Crippen molar-refractivity contribution in [3.05, 3.63) is 24.3 Å². The van der Waals surface area contributed by atoms with Crippen molar-refractivity contribution in [2.24, 2.45) is 0 Å². The van der Waals surface area contributed by atoms with Gasteiger partial charge in [0.05, 0.1) is 26.4 Å². The van der Waals surface area contributed by atoms with Gasteiger partial charge in [0.15, 0.2) is 12.6 Å². The maximum atomic E-state index is 12.9. The molecule has 14 heteroatoms. The van der Waals surface area contributed by atoms with Crippen LogP contribution in [0.3, 0.4) is 0 Å². The Labute approximate surface area is 367 Å². The van der Waals surface area contributed by atoms with Crippen LogP contribution in [-0.4, -0.2) is 142 Å². The fourth-order valence-electron chi connectivity index (χ4n) is 7.49. The van der Waals surface area contributed by atoms with Gasteiger partial charge in [-0.2, -0.15) is 0 Å². The van der Waals surface area contributed by atoms with Gasteiger partial charge in [-0.3, -0.25) is 4.79 Å². The van der Waals surface area contributed by atoms with Crippen molar-refractivity contribution < 1.29 is 69.0 Å². The van der Waals surface area contributed by atoms with Gasteiger partial charge in [-0.25, -0.2) is 0 Å². The van der Waals surface area contributed by atoms with Crippen LogP contribution < -0.4 is 0 Å². The van der Waals surface area contributed by atoms with Crippen LogP contribution >= 0.6 is 0 Å². The number of rotatable bonds is 37. The summed E-state index contributed by atoms with van der Waals surface area (Å²) in [4.78, 5) is 12.9. The second kappa shape index (κ2) is 35.8. The number of ether oxygens (including phenoxy) is 6. The number of aliphatic hydroxyl groups excluding tert-OH is 7. The average molecular weight is 875 g/mol. The highest BCUT2D eigenvalue weighted by atomic mass is 16.7. The molecule has 0 saturated carbocycles. The summed E-state index contributed by atoms with van der Waals surface area (Å²) in [6.45, 7) is 3.61. The minimum atomic E-state index is -1.70. The van der Waals surface area contributed by atoms with Crippen LogP contribution in [0.5, 0.6) is 0 Å². The summed E-state index contributed by atoms with van der Waals surface area (Å²) in [7, 11) is 0. The van der Waals surface area contributed by atoms with Crippen LogP contribution in [0.15, 0.2) is 24.3 Å². The first-order valence-corrected chi connectivity index (χ1v) is 23.9. The monoisotopic (exact) mass is 875 g/mol. The average Bonchev–Trinajstić information content (AvgIpc) is 3.26. The molecular weight excluding hydrogens is 789 g/mol. The number of esters is 1. The van der Waals surface area contributed by atoms with Gasteiger partial charge >= 0.3 is 5.97 Å². The highest BCUT2D eigenvalue weighted by Crippen LogP contribution is 2.26. The predicted molar refractivity (Wildman–Crippen MR) is 233 cm³/mol. The highest BCUT2D eigenvalue weighted by Gasteiger charge is 2.47. The number of hydrogen-bond donors (Lipinski definition) is 7. The van der Waals surface area contributed by atoms with Crippen LogP contribution in [0.2, 0.25) is 0 Å². The molecule has 0 bridgehead atoms. The molecule has 2 fully saturated rings. The lowest BCUT2D eigenvalue weighted by molar-refractivity contribution is -0.332. The fraction of sp³-hybridized carbons (Fsp3) is 0.894. The molecule has 0 aromatic heterocycles. The zero-order valence-electron chi connectivity index (χ0n) is 37.7. The quantitative estimate of drug-likeness (QED) is 0.0215. The summed E-state index contributed by atoms with van der Waals surface area (Å²) in [6.07, 6.45) is 19.9. The summed E-state index contributed by atoms with van der Waals surface area (Å²) in [5.41, 5.74) is 0. The largest absolute Gasteiger partial charge is 0.457 e. The van der Waals surface area contributed by atoms with Crippen LogP contribution in [0.4, 0.5) is 0 Å². The van der Waals surface area contributed by atoms with Crippen LogP contribution in [0, 0.1) is 0 Å². The van der Waals surface area contributed by atoms with E-state index in [1.54, 1.807) is 0 Å².